The number of nitrogens with zero attached hydrogens (tertiary/aromatic N) is 4. The molecule has 0 bridgehead atoms. The quantitative estimate of drug-likeness (QED) is 0.374. The third-order valence-electron chi connectivity index (χ3n) is 3.94. The number of aryl methyl sites for hydroxylation is 1. The Morgan fingerprint density at radius 1 is 1.19 bits per heavy atom. The zero-order valence-electron chi connectivity index (χ0n) is 14.7. The summed E-state index contributed by atoms with van der Waals surface area (Å²) in [6.45, 7) is 0. The van der Waals surface area contributed by atoms with Gasteiger partial charge in [-0.3, -0.25) is 18.7 Å². The molecule has 0 spiro atoms. The van der Waals surface area contributed by atoms with E-state index in [1.54, 1.807) is 6.07 Å². The molecule has 0 unspecified atom stereocenters. The van der Waals surface area contributed by atoms with Crippen LogP contribution in [0.2, 0.25) is 0 Å². The molecule has 0 saturated carbocycles. The van der Waals surface area contributed by atoms with E-state index >= 15 is 0 Å². The summed E-state index contributed by atoms with van der Waals surface area (Å²) in [5.41, 5.74) is -0.994. The molecule has 1 aromatic carbocycles. The number of thioether (sulfide) groups is 1. The SMILES string of the molecule is COC(=O)CSc1nc(-c2ccccc2F)nc2c1c(=O)n(C)c(=O)n2C. The van der Waals surface area contributed by atoms with E-state index in [0.29, 0.717) is 0 Å². The van der Waals surface area contributed by atoms with Crippen LogP contribution in [0.25, 0.3) is 22.4 Å². The molecule has 0 aliphatic rings. The Kier molecular flexibility index (Phi) is 5.08. The van der Waals surface area contributed by atoms with E-state index < -0.39 is 23.0 Å². The summed E-state index contributed by atoms with van der Waals surface area (Å²) in [5, 5.41) is 0.244. The van der Waals surface area contributed by atoms with Crippen molar-refractivity contribution in [3.05, 3.63) is 50.9 Å². The van der Waals surface area contributed by atoms with E-state index in [1.165, 1.54) is 44.0 Å². The van der Waals surface area contributed by atoms with E-state index in [0.717, 1.165) is 16.3 Å². The van der Waals surface area contributed by atoms with Gasteiger partial charge in [-0.15, -0.1) is 0 Å². The normalized spacial score (nSPS) is 11.0. The molecule has 8 nitrogen and oxygen atoms in total. The molecule has 2 heterocycles. The Hall–Kier alpha value is -3.01. The first kappa shape index (κ1) is 18.8. The van der Waals surface area contributed by atoms with Crippen molar-refractivity contribution in [2.24, 2.45) is 14.1 Å². The maximum atomic E-state index is 14.2. The topological polar surface area (TPSA) is 96.1 Å². The Morgan fingerprint density at radius 3 is 2.56 bits per heavy atom. The highest BCUT2D eigenvalue weighted by molar-refractivity contribution is 8.00. The predicted octanol–water partition coefficient (Wildman–Crippen LogP) is 1.10. The Bertz CT molecular complexity index is 1170. The van der Waals surface area contributed by atoms with Crippen molar-refractivity contribution in [2.75, 3.05) is 12.9 Å². The Morgan fingerprint density at radius 2 is 1.89 bits per heavy atom. The number of esters is 1. The summed E-state index contributed by atoms with van der Waals surface area (Å²) < 4.78 is 20.9. The lowest BCUT2D eigenvalue weighted by atomic mass is 10.2. The van der Waals surface area contributed by atoms with Crippen molar-refractivity contribution >= 4 is 28.8 Å². The number of methoxy groups -OCH3 is 1. The van der Waals surface area contributed by atoms with Crippen molar-refractivity contribution in [2.45, 2.75) is 5.03 Å². The maximum Gasteiger partial charge on any atom is 0.332 e. The van der Waals surface area contributed by atoms with Gasteiger partial charge in [0.05, 0.1) is 18.4 Å². The lowest BCUT2D eigenvalue weighted by Crippen LogP contribution is -2.37. The fourth-order valence-electron chi connectivity index (χ4n) is 2.48. The van der Waals surface area contributed by atoms with Crippen LogP contribution in [0, 0.1) is 5.82 Å². The van der Waals surface area contributed by atoms with E-state index in [1.807, 2.05) is 0 Å². The fraction of sp³-hybridized carbons (Fsp3) is 0.235. The van der Waals surface area contributed by atoms with Gasteiger partial charge in [0.1, 0.15) is 16.2 Å². The molecule has 0 saturated heterocycles. The lowest BCUT2D eigenvalue weighted by molar-refractivity contribution is -0.137. The third kappa shape index (κ3) is 3.35. The summed E-state index contributed by atoms with van der Waals surface area (Å²) in [4.78, 5) is 44.9. The zero-order chi connectivity index (χ0) is 19.7. The molecule has 3 aromatic rings. The Balaban J connectivity index is 2.35. The second-order valence-corrected chi connectivity index (χ2v) is 6.57. The van der Waals surface area contributed by atoms with E-state index in [9.17, 15) is 18.8 Å². The number of carbonyl (C=O) groups excluding carboxylic acids is 1. The summed E-state index contributed by atoms with van der Waals surface area (Å²) >= 11 is 0.958. The molecule has 3 rings (SSSR count). The molecular weight excluding hydrogens is 375 g/mol. The molecule has 0 atom stereocenters. The van der Waals surface area contributed by atoms with Gasteiger partial charge in [-0.25, -0.2) is 19.2 Å². The van der Waals surface area contributed by atoms with Gasteiger partial charge in [-0.05, 0) is 12.1 Å². The van der Waals surface area contributed by atoms with Gasteiger partial charge in [0, 0.05) is 14.1 Å². The standard InChI is InChI=1S/C17H15FN4O4S/c1-21-14-12(16(24)22(2)17(21)25)15(27-8-11(23)26-3)20-13(19-14)9-6-4-5-7-10(9)18/h4-7H,8H2,1-3H3. The number of benzene rings is 1. The molecule has 0 N–H and O–H groups in total. The van der Waals surface area contributed by atoms with Crippen LogP contribution in [0.5, 0.6) is 0 Å². The number of hydrogen-bond acceptors (Lipinski definition) is 7. The predicted molar refractivity (Wildman–Crippen MR) is 98.2 cm³/mol. The van der Waals surface area contributed by atoms with Crippen molar-refractivity contribution < 1.29 is 13.9 Å². The number of carbonyl (C=O) groups is 1. The largest absolute Gasteiger partial charge is 0.468 e. The lowest BCUT2D eigenvalue weighted by Gasteiger charge is -2.12. The van der Waals surface area contributed by atoms with Crippen LogP contribution in [0.1, 0.15) is 0 Å². The van der Waals surface area contributed by atoms with E-state index in [-0.39, 0.29) is 33.2 Å². The maximum absolute atomic E-state index is 14.2. The molecule has 0 radical (unpaired) electrons. The average Bonchev–Trinajstić information content (AvgIpc) is 2.68. The molecular formula is C17H15FN4O4S. The van der Waals surface area contributed by atoms with Crippen LogP contribution in [0.15, 0.2) is 38.9 Å². The molecule has 10 heteroatoms. The van der Waals surface area contributed by atoms with Crippen LogP contribution >= 0.6 is 11.8 Å². The number of aromatic nitrogens is 4. The van der Waals surface area contributed by atoms with Crippen molar-refractivity contribution in [1.29, 1.82) is 0 Å². The number of rotatable bonds is 4. The molecule has 0 fully saturated rings. The van der Waals surface area contributed by atoms with Gasteiger partial charge in [-0.2, -0.15) is 0 Å². The van der Waals surface area contributed by atoms with Gasteiger partial charge in [0.25, 0.3) is 5.56 Å². The second-order valence-electron chi connectivity index (χ2n) is 5.60. The highest BCUT2D eigenvalue weighted by Gasteiger charge is 2.20. The first-order chi connectivity index (χ1) is 12.8. The Labute approximate surface area is 156 Å². The smallest absolute Gasteiger partial charge is 0.332 e. The van der Waals surface area contributed by atoms with Crippen LogP contribution in [0.4, 0.5) is 4.39 Å². The number of halogens is 1. The third-order valence-corrected chi connectivity index (χ3v) is 4.88. The van der Waals surface area contributed by atoms with Gasteiger partial charge in [-0.1, -0.05) is 23.9 Å². The van der Waals surface area contributed by atoms with Crippen molar-refractivity contribution in [1.82, 2.24) is 19.1 Å². The first-order valence-corrected chi connectivity index (χ1v) is 8.76. The molecule has 0 aliphatic heterocycles. The number of fused-ring (bicyclic) bond motifs is 1. The summed E-state index contributed by atoms with van der Waals surface area (Å²) in [5.74, 6) is -1.16. The molecule has 0 amide bonds. The van der Waals surface area contributed by atoms with Gasteiger partial charge >= 0.3 is 11.7 Å². The second kappa shape index (κ2) is 7.31. The van der Waals surface area contributed by atoms with Crippen LogP contribution in [-0.2, 0) is 23.6 Å². The van der Waals surface area contributed by atoms with Crippen LogP contribution in [-0.4, -0.2) is 37.9 Å². The number of ether oxygens (including phenoxy) is 1. The van der Waals surface area contributed by atoms with Gasteiger partial charge < -0.3 is 4.74 Å². The monoisotopic (exact) mass is 390 g/mol. The van der Waals surface area contributed by atoms with Gasteiger partial charge in [0.2, 0.25) is 0 Å². The fourth-order valence-corrected chi connectivity index (χ4v) is 3.33. The van der Waals surface area contributed by atoms with E-state index in [4.69, 9.17) is 0 Å². The summed E-state index contributed by atoms with van der Waals surface area (Å²) in [6, 6.07) is 5.90. The van der Waals surface area contributed by atoms with Gasteiger partial charge in [0.15, 0.2) is 11.5 Å². The molecule has 140 valence electrons. The molecule has 27 heavy (non-hydrogen) atoms. The minimum Gasteiger partial charge on any atom is -0.468 e. The summed E-state index contributed by atoms with van der Waals surface area (Å²) in [6.07, 6.45) is 0. The highest BCUT2D eigenvalue weighted by Crippen LogP contribution is 2.27. The summed E-state index contributed by atoms with van der Waals surface area (Å²) in [7, 11) is 4.04. The average molecular weight is 390 g/mol. The highest BCUT2D eigenvalue weighted by atomic mass is 32.2. The molecule has 0 aliphatic carbocycles. The van der Waals surface area contributed by atoms with E-state index in [2.05, 4.69) is 14.7 Å². The zero-order valence-corrected chi connectivity index (χ0v) is 15.5. The minimum absolute atomic E-state index is 0.0104. The first-order valence-electron chi connectivity index (χ1n) is 7.77. The minimum atomic E-state index is -0.597. The van der Waals surface area contributed by atoms with Crippen molar-refractivity contribution in [3.63, 3.8) is 0 Å². The molecule has 2 aromatic heterocycles. The number of hydrogen-bond donors (Lipinski definition) is 0. The van der Waals surface area contributed by atoms with Crippen LogP contribution in [0.3, 0.4) is 0 Å². The van der Waals surface area contributed by atoms with Crippen molar-refractivity contribution in [3.8, 4) is 11.4 Å². The van der Waals surface area contributed by atoms with Crippen LogP contribution < -0.4 is 11.2 Å².